The molecule has 120 valence electrons. The van der Waals surface area contributed by atoms with Gasteiger partial charge < -0.3 is 20.9 Å². The fourth-order valence-corrected chi connectivity index (χ4v) is 2.99. The highest BCUT2D eigenvalue weighted by molar-refractivity contribution is 6.45. The molecule has 2 rings (SSSR count). The van der Waals surface area contributed by atoms with Gasteiger partial charge in [0.05, 0.1) is 11.3 Å². The van der Waals surface area contributed by atoms with E-state index < -0.39 is 7.05 Å². The molecule has 1 aromatic heterocycles. The third-order valence-corrected chi connectivity index (χ3v) is 4.11. The van der Waals surface area contributed by atoms with Crippen molar-refractivity contribution in [3.63, 3.8) is 0 Å². The van der Waals surface area contributed by atoms with E-state index in [0.29, 0.717) is 22.4 Å². The number of carbonyl (C=O) groups excluding carboxylic acids is 1. The highest BCUT2D eigenvalue weighted by atomic mass is 35.5. The van der Waals surface area contributed by atoms with Gasteiger partial charge in [0.2, 0.25) is 0 Å². The highest BCUT2D eigenvalue weighted by Gasteiger charge is 2.23. The number of nitrogens with one attached hydrogen (secondary N) is 3. The van der Waals surface area contributed by atoms with E-state index in [9.17, 15) is 9.82 Å². The number of aromatic nitrogens is 1. The molecule has 0 aromatic carbocycles. The minimum absolute atomic E-state index is 0.184. The zero-order chi connectivity index (χ0) is 16.1. The minimum atomic E-state index is -0.478. The number of nitrogens with zero attached hydrogens (tertiary/aromatic N) is 1. The molecule has 1 heterocycles. The summed E-state index contributed by atoms with van der Waals surface area (Å²) < 4.78 is 0. The van der Waals surface area contributed by atoms with Crippen LogP contribution in [-0.4, -0.2) is 42.1 Å². The van der Waals surface area contributed by atoms with Crippen molar-refractivity contribution >= 4 is 30.2 Å². The van der Waals surface area contributed by atoms with E-state index in [1.165, 1.54) is 6.20 Å². The Labute approximate surface area is 136 Å². The van der Waals surface area contributed by atoms with Crippen molar-refractivity contribution < 1.29 is 9.82 Å². The number of hydrogen-bond acceptors (Lipinski definition) is 5. The molecule has 1 amide bonds. The van der Waals surface area contributed by atoms with Gasteiger partial charge in [-0.2, -0.15) is 0 Å². The molecule has 0 aliphatic heterocycles. The Balaban J connectivity index is 2.00. The van der Waals surface area contributed by atoms with Crippen molar-refractivity contribution in [3.8, 4) is 0 Å². The lowest BCUT2D eigenvalue weighted by atomic mass is 9.82. The zero-order valence-electron chi connectivity index (χ0n) is 12.9. The maximum atomic E-state index is 11.9. The maximum absolute atomic E-state index is 11.9. The van der Waals surface area contributed by atoms with E-state index in [0.717, 1.165) is 25.7 Å². The van der Waals surface area contributed by atoms with Crippen molar-refractivity contribution in [3.05, 3.63) is 23.0 Å². The first-order valence-electron chi connectivity index (χ1n) is 7.58. The van der Waals surface area contributed by atoms with Crippen LogP contribution in [0.5, 0.6) is 0 Å². The predicted molar refractivity (Wildman–Crippen MR) is 89.3 cm³/mol. The number of hydrogen-bond donors (Lipinski definition) is 4. The molecule has 0 atom stereocenters. The van der Waals surface area contributed by atoms with Crippen LogP contribution in [0.25, 0.3) is 0 Å². The molecule has 0 saturated heterocycles. The third kappa shape index (κ3) is 4.59. The summed E-state index contributed by atoms with van der Waals surface area (Å²) in [6.45, 7) is 1.74. The van der Waals surface area contributed by atoms with Crippen LogP contribution in [0.2, 0.25) is 12.0 Å². The Morgan fingerprint density at radius 3 is 2.59 bits per heavy atom. The van der Waals surface area contributed by atoms with Crippen molar-refractivity contribution in [2.24, 2.45) is 0 Å². The largest absolute Gasteiger partial charge is 0.437 e. The SMILES string of the molecule is CNC(=O)c1cnc(Cl)cc1NC1CCC(NB(C)O)CC1. The van der Waals surface area contributed by atoms with Crippen LogP contribution in [-0.2, 0) is 0 Å². The number of pyridine rings is 1. The molecule has 0 unspecified atom stereocenters. The van der Waals surface area contributed by atoms with Gasteiger partial charge in [0.1, 0.15) is 5.15 Å². The summed E-state index contributed by atoms with van der Waals surface area (Å²) in [5, 5.41) is 18.9. The first-order chi connectivity index (χ1) is 10.5. The molecule has 0 radical (unpaired) electrons. The van der Waals surface area contributed by atoms with Gasteiger partial charge in [0.15, 0.2) is 0 Å². The van der Waals surface area contributed by atoms with Gasteiger partial charge in [-0.05, 0) is 44.6 Å². The summed E-state index contributed by atoms with van der Waals surface area (Å²) in [4.78, 5) is 15.9. The number of anilines is 1. The Bertz CT molecular complexity index is 522. The molecule has 22 heavy (non-hydrogen) atoms. The number of amides is 1. The van der Waals surface area contributed by atoms with Gasteiger partial charge in [-0.1, -0.05) is 11.6 Å². The monoisotopic (exact) mass is 324 g/mol. The molecule has 1 aliphatic carbocycles. The molecule has 0 spiro atoms. The lowest BCUT2D eigenvalue weighted by molar-refractivity contribution is 0.0963. The number of halogens is 1. The average Bonchev–Trinajstić information content (AvgIpc) is 2.48. The summed E-state index contributed by atoms with van der Waals surface area (Å²) in [6.07, 6.45) is 5.40. The van der Waals surface area contributed by atoms with Gasteiger partial charge in [-0.3, -0.25) is 4.79 Å². The minimum Gasteiger partial charge on any atom is -0.437 e. The molecule has 8 heteroatoms. The van der Waals surface area contributed by atoms with Gasteiger partial charge in [0, 0.05) is 19.3 Å². The van der Waals surface area contributed by atoms with Crippen LogP contribution < -0.4 is 15.9 Å². The average molecular weight is 325 g/mol. The molecule has 0 bridgehead atoms. The summed E-state index contributed by atoms with van der Waals surface area (Å²) in [7, 11) is 1.11. The third-order valence-electron chi connectivity index (χ3n) is 3.91. The van der Waals surface area contributed by atoms with Gasteiger partial charge >= 0.3 is 7.05 Å². The van der Waals surface area contributed by atoms with Crippen LogP contribution in [0.1, 0.15) is 36.0 Å². The number of carbonyl (C=O) groups is 1. The Morgan fingerprint density at radius 1 is 1.36 bits per heavy atom. The van der Waals surface area contributed by atoms with Crippen molar-refractivity contribution in [2.45, 2.75) is 44.6 Å². The van der Waals surface area contributed by atoms with E-state index in [1.807, 2.05) is 0 Å². The number of rotatable bonds is 5. The van der Waals surface area contributed by atoms with E-state index in [2.05, 4.69) is 20.8 Å². The van der Waals surface area contributed by atoms with Crippen molar-refractivity contribution in [1.29, 1.82) is 0 Å². The summed E-state index contributed by atoms with van der Waals surface area (Å²) in [6, 6.07) is 2.32. The van der Waals surface area contributed by atoms with Gasteiger partial charge in [0.25, 0.3) is 5.91 Å². The van der Waals surface area contributed by atoms with Crippen LogP contribution in [0, 0.1) is 0 Å². The zero-order valence-corrected chi connectivity index (χ0v) is 13.7. The van der Waals surface area contributed by atoms with Crippen molar-refractivity contribution in [1.82, 2.24) is 15.5 Å². The standard InChI is InChI=1S/C14H22BClN4O2/c1-15(22)20-10-5-3-9(4-6-10)19-12-7-13(16)18-8-11(12)14(21)17-2/h7-10,20,22H,3-6H2,1-2H3,(H,17,21)(H,18,19). The van der Waals surface area contributed by atoms with E-state index >= 15 is 0 Å². The molecule has 1 fully saturated rings. The molecule has 1 saturated carbocycles. The van der Waals surface area contributed by atoms with Crippen LogP contribution in [0.15, 0.2) is 12.3 Å². The smallest absolute Gasteiger partial charge is 0.373 e. The predicted octanol–water partition coefficient (Wildman–Crippen LogP) is 1.52. The first kappa shape index (κ1) is 17.1. The maximum Gasteiger partial charge on any atom is 0.373 e. The van der Waals surface area contributed by atoms with Gasteiger partial charge in [-0.25, -0.2) is 4.98 Å². The highest BCUT2D eigenvalue weighted by Crippen LogP contribution is 2.25. The van der Waals surface area contributed by atoms with Crippen LogP contribution >= 0.6 is 11.6 Å². The fourth-order valence-electron chi connectivity index (χ4n) is 2.83. The van der Waals surface area contributed by atoms with E-state index in [1.54, 1.807) is 19.9 Å². The first-order valence-corrected chi connectivity index (χ1v) is 7.95. The van der Waals surface area contributed by atoms with Crippen molar-refractivity contribution in [2.75, 3.05) is 12.4 Å². The molecule has 1 aliphatic rings. The molecule has 4 N–H and O–H groups in total. The van der Waals surface area contributed by atoms with Gasteiger partial charge in [-0.15, -0.1) is 0 Å². The molecular formula is C14H22BClN4O2. The summed E-state index contributed by atoms with van der Waals surface area (Å²) in [5.41, 5.74) is 1.21. The lowest BCUT2D eigenvalue weighted by Crippen LogP contribution is -2.43. The summed E-state index contributed by atoms with van der Waals surface area (Å²) in [5.74, 6) is -0.184. The van der Waals surface area contributed by atoms with Crippen LogP contribution in [0.3, 0.4) is 0 Å². The Hall–Kier alpha value is -1.31. The normalized spacial score (nSPS) is 21.3. The lowest BCUT2D eigenvalue weighted by Gasteiger charge is -2.31. The second-order valence-corrected chi connectivity index (χ2v) is 6.05. The Morgan fingerprint density at radius 2 is 2.00 bits per heavy atom. The quantitative estimate of drug-likeness (QED) is 0.487. The summed E-state index contributed by atoms with van der Waals surface area (Å²) >= 11 is 5.94. The molecule has 6 nitrogen and oxygen atoms in total. The van der Waals surface area contributed by atoms with Crippen LogP contribution in [0.4, 0.5) is 5.69 Å². The van der Waals surface area contributed by atoms with E-state index in [4.69, 9.17) is 11.6 Å². The second-order valence-electron chi connectivity index (χ2n) is 5.67. The fraction of sp³-hybridized carbons (Fsp3) is 0.571. The molecule has 1 aromatic rings. The Kier molecular flexibility index (Phi) is 6.05. The second kappa shape index (κ2) is 7.81. The molecular weight excluding hydrogens is 302 g/mol. The van der Waals surface area contributed by atoms with E-state index in [-0.39, 0.29) is 11.9 Å². The topological polar surface area (TPSA) is 86.3 Å².